The first-order valence-corrected chi connectivity index (χ1v) is 6.28. The number of nitrogen functional groups attached to an aromatic ring is 1. The monoisotopic (exact) mass is 284 g/mol. The number of ether oxygens (including phenoxy) is 1. The molecule has 0 amide bonds. The van der Waals surface area contributed by atoms with Gasteiger partial charge in [0.15, 0.2) is 0 Å². The third-order valence-electron chi connectivity index (χ3n) is 2.68. The van der Waals surface area contributed by atoms with Crippen molar-refractivity contribution in [3.63, 3.8) is 0 Å². The Morgan fingerprint density at radius 2 is 2.26 bits per heavy atom. The Balaban J connectivity index is 2.35. The Bertz CT molecular complexity index is 572. The lowest BCUT2D eigenvalue weighted by molar-refractivity contribution is 0.149. The minimum Gasteiger partial charge on any atom is -0.381 e. The number of nitrogens with zero attached hydrogens (tertiary/aromatic N) is 1. The van der Waals surface area contributed by atoms with Crippen molar-refractivity contribution in [2.45, 2.75) is 13.3 Å². The van der Waals surface area contributed by atoms with Crippen LogP contribution in [0.4, 0.5) is 10.3 Å². The molecule has 0 unspecified atom stereocenters. The summed E-state index contributed by atoms with van der Waals surface area (Å²) in [5.41, 5.74) is 7.62. The van der Waals surface area contributed by atoms with Gasteiger partial charge in [0.1, 0.15) is 5.82 Å². The lowest BCUT2D eigenvalue weighted by Gasteiger charge is -2.05. The van der Waals surface area contributed by atoms with Crippen LogP contribution < -0.4 is 5.73 Å². The van der Waals surface area contributed by atoms with Crippen molar-refractivity contribution in [3.05, 3.63) is 34.7 Å². The Morgan fingerprint density at radius 3 is 2.95 bits per heavy atom. The van der Waals surface area contributed by atoms with Crippen molar-refractivity contribution in [2.24, 2.45) is 0 Å². The molecule has 0 atom stereocenters. The van der Waals surface area contributed by atoms with E-state index in [4.69, 9.17) is 26.6 Å². The second-order valence-corrected chi connectivity index (χ2v) is 4.35. The summed E-state index contributed by atoms with van der Waals surface area (Å²) in [6.45, 7) is 3.04. The first-order valence-electron chi connectivity index (χ1n) is 5.90. The maximum atomic E-state index is 13.1. The first-order chi connectivity index (χ1) is 9.13. The molecule has 0 fully saturated rings. The molecular weight excluding hydrogens is 271 g/mol. The maximum absolute atomic E-state index is 13.1. The number of hydrogen-bond donors (Lipinski definition) is 1. The van der Waals surface area contributed by atoms with Crippen molar-refractivity contribution < 1.29 is 13.7 Å². The topological polar surface area (TPSA) is 61.3 Å². The molecule has 2 N–H and O–H groups in total. The second kappa shape index (κ2) is 6.04. The van der Waals surface area contributed by atoms with Crippen LogP contribution in [0, 0.1) is 5.82 Å². The van der Waals surface area contributed by atoms with Gasteiger partial charge in [-0.25, -0.2) is 4.39 Å². The largest absolute Gasteiger partial charge is 0.381 e. The van der Waals surface area contributed by atoms with Gasteiger partial charge >= 0.3 is 0 Å². The third-order valence-corrected chi connectivity index (χ3v) is 2.99. The normalized spacial score (nSPS) is 10.9. The summed E-state index contributed by atoms with van der Waals surface area (Å²) in [6, 6.07) is 4.11. The van der Waals surface area contributed by atoms with Crippen LogP contribution in [-0.2, 0) is 11.2 Å². The van der Waals surface area contributed by atoms with Gasteiger partial charge in [0.05, 0.1) is 22.9 Å². The number of nitrogens with two attached hydrogens (primary N) is 1. The van der Waals surface area contributed by atoms with E-state index < -0.39 is 5.82 Å². The molecule has 0 saturated heterocycles. The maximum Gasteiger partial charge on any atom is 0.230 e. The van der Waals surface area contributed by atoms with E-state index in [1.165, 1.54) is 12.1 Å². The number of aromatic nitrogens is 1. The molecule has 1 aromatic heterocycles. The molecule has 19 heavy (non-hydrogen) atoms. The molecule has 0 aliphatic rings. The van der Waals surface area contributed by atoms with E-state index in [2.05, 4.69) is 5.16 Å². The van der Waals surface area contributed by atoms with Crippen molar-refractivity contribution >= 4 is 17.5 Å². The molecular formula is C13H14ClFN2O2. The standard InChI is InChI=1S/C13H14ClFN2O2/c1-2-18-6-5-11-12(13(16)19-17-11)9-4-3-8(15)7-10(9)14/h3-4,7H,2,5-6,16H2,1H3. The first kappa shape index (κ1) is 13.8. The summed E-state index contributed by atoms with van der Waals surface area (Å²) in [4.78, 5) is 0. The van der Waals surface area contributed by atoms with Crippen LogP contribution >= 0.6 is 11.6 Å². The molecule has 1 heterocycles. The van der Waals surface area contributed by atoms with Gasteiger partial charge in [-0.1, -0.05) is 16.8 Å². The Labute approximate surface area is 115 Å². The van der Waals surface area contributed by atoms with E-state index in [1.807, 2.05) is 6.92 Å². The van der Waals surface area contributed by atoms with E-state index in [0.717, 1.165) is 0 Å². The van der Waals surface area contributed by atoms with Gasteiger partial charge in [-0.3, -0.25) is 0 Å². The van der Waals surface area contributed by atoms with Crippen LogP contribution in [0.5, 0.6) is 0 Å². The molecule has 0 aliphatic heterocycles. The van der Waals surface area contributed by atoms with Crippen LogP contribution in [0.2, 0.25) is 5.02 Å². The van der Waals surface area contributed by atoms with Crippen molar-refractivity contribution in [2.75, 3.05) is 18.9 Å². The van der Waals surface area contributed by atoms with Crippen LogP contribution in [0.15, 0.2) is 22.7 Å². The van der Waals surface area contributed by atoms with E-state index in [1.54, 1.807) is 6.07 Å². The van der Waals surface area contributed by atoms with Gasteiger partial charge in [0, 0.05) is 18.6 Å². The van der Waals surface area contributed by atoms with Gasteiger partial charge in [-0.05, 0) is 25.1 Å². The zero-order valence-electron chi connectivity index (χ0n) is 10.5. The molecule has 6 heteroatoms. The summed E-state index contributed by atoms with van der Waals surface area (Å²) < 4.78 is 23.3. The van der Waals surface area contributed by atoms with Gasteiger partial charge in [0.2, 0.25) is 5.88 Å². The average Bonchev–Trinajstić information content (AvgIpc) is 2.72. The molecule has 0 bridgehead atoms. The fourth-order valence-corrected chi connectivity index (χ4v) is 2.06. The number of hydrogen-bond acceptors (Lipinski definition) is 4. The molecule has 0 aliphatic carbocycles. The minimum atomic E-state index is -0.403. The van der Waals surface area contributed by atoms with Crippen LogP contribution in [0.25, 0.3) is 11.1 Å². The van der Waals surface area contributed by atoms with Gasteiger partial charge in [-0.2, -0.15) is 0 Å². The summed E-state index contributed by atoms with van der Waals surface area (Å²) >= 11 is 6.03. The van der Waals surface area contributed by atoms with Crippen molar-refractivity contribution in [3.8, 4) is 11.1 Å². The smallest absolute Gasteiger partial charge is 0.230 e. The molecule has 0 spiro atoms. The second-order valence-electron chi connectivity index (χ2n) is 3.94. The molecule has 0 radical (unpaired) electrons. The van der Waals surface area contributed by atoms with E-state index >= 15 is 0 Å². The number of halogens is 2. The number of benzene rings is 1. The van der Waals surface area contributed by atoms with Gasteiger partial charge in [-0.15, -0.1) is 0 Å². The van der Waals surface area contributed by atoms with E-state index in [0.29, 0.717) is 36.5 Å². The Hall–Kier alpha value is -1.59. The molecule has 102 valence electrons. The summed E-state index contributed by atoms with van der Waals surface area (Å²) in [6.07, 6.45) is 0.553. The SMILES string of the molecule is CCOCCc1noc(N)c1-c1ccc(F)cc1Cl. The Morgan fingerprint density at radius 1 is 1.47 bits per heavy atom. The van der Waals surface area contributed by atoms with E-state index in [-0.39, 0.29) is 10.9 Å². The van der Waals surface area contributed by atoms with Crippen molar-refractivity contribution in [1.82, 2.24) is 5.16 Å². The highest BCUT2D eigenvalue weighted by Gasteiger charge is 2.18. The summed E-state index contributed by atoms with van der Waals surface area (Å²) in [5, 5.41) is 4.17. The quantitative estimate of drug-likeness (QED) is 0.856. The molecule has 2 aromatic rings. The summed E-state index contributed by atoms with van der Waals surface area (Å²) in [5.74, 6) is -0.236. The van der Waals surface area contributed by atoms with Crippen LogP contribution in [0.3, 0.4) is 0 Å². The fourth-order valence-electron chi connectivity index (χ4n) is 1.80. The number of rotatable bonds is 5. The highest BCUT2D eigenvalue weighted by atomic mass is 35.5. The Kier molecular flexibility index (Phi) is 4.39. The highest BCUT2D eigenvalue weighted by Crippen LogP contribution is 2.35. The minimum absolute atomic E-state index is 0.167. The van der Waals surface area contributed by atoms with Crippen LogP contribution in [0.1, 0.15) is 12.6 Å². The molecule has 1 aromatic carbocycles. The zero-order valence-corrected chi connectivity index (χ0v) is 11.2. The molecule has 0 saturated carbocycles. The molecule has 4 nitrogen and oxygen atoms in total. The van der Waals surface area contributed by atoms with Crippen LogP contribution in [-0.4, -0.2) is 18.4 Å². The van der Waals surface area contributed by atoms with E-state index in [9.17, 15) is 4.39 Å². The zero-order chi connectivity index (χ0) is 13.8. The predicted octanol–water partition coefficient (Wildman–Crippen LogP) is 3.30. The molecule has 2 rings (SSSR count). The van der Waals surface area contributed by atoms with Crippen molar-refractivity contribution in [1.29, 1.82) is 0 Å². The lowest BCUT2D eigenvalue weighted by atomic mass is 10.0. The predicted molar refractivity (Wildman–Crippen MR) is 71.5 cm³/mol. The highest BCUT2D eigenvalue weighted by molar-refractivity contribution is 6.33. The van der Waals surface area contributed by atoms with Gasteiger partial charge < -0.3 is 15.0 Å². The summed E-state index contributed by atoms with van der Waals surface area (Å²) in [7, 11) is 0. The average molecular weight is 285 g/mol. The number of anilines is 1. The lowest BCUT2D eigenvalue weighted by Crippen LogP contribution is -2.00. The fraction of sp³-hybridized carbons (Fsp3) is 0.308. The van der Waals surface area contributed by atoms with Gasteiger partial charge in [0.25, 0.3) is 0 Å². The third kappa shape index (κ3) is 3.05.